The van der Waals surface area contributed by atoms with E-state index in [0.29, 0.717) is 45.4 Å². The summed E-state index contributed by atoms with van der Waals surface area (Å²) < 4.78 is 12.1. The molecule has 376 valence electrons. The van der Waals surface area contributed by atoms with Gasteiger partial charge < -0.3 is 35.4 Å². The first-order valence-electron chi connectivity index (χ1n) is 24.6. The summed E-state index contributed by atoms with van der Waals surface area (Å²) in [6.45, 7) is 14.8. The average Bonchev–Trinajstić information content (AvgIpc) is 3.84. The first kappa shape index (κ1) is 54.2. The predicted molar refractivity (Wildman–Crippen MR) is 258 cm³/mol. The van der Waals surface area contributed by atoms with Crippen molar-refractivity contribution >= 4 is 35.4 Å². The highest BCUT2D eigenvalue weighted by molar-refractivity contribution is 5.96. The van der Waals surface area contributed by atoms with Crippen LogP contribution in [0.1, 0.15) is 121 Å². The third kappa shape index (κ3) is 12.7. The number of benzene rings is 2. The zero-order chi connectivity index (χ0) is 50.0. The Morgan fingerprint density at radius 2 is 1.57 bits per heavy atom. The fourth-order valence-corrected chi connectivity index (χ4v) is 10.4. The van der Waals surface area contributed by atoms with Crippen molar-refractivity contribution in [3.05, 3.63) is 71.3 Å². The molecule has 3 aliphatic rings. The van der Waals surface area contributed by atoms with Crippen LogP contribution in [0.15, 0.2) is 54.6 Å². The van der Waals surface area contributed by atoms with Crippen LogP contribution >= 0.6 is 0 Å². The van der Waals surface area contributed by atoms with E-state index >= 15 is 0 Å². The molecule has 1 unspecified atom stereocenters. The number of hydrogen-bond acceptors (Lipinski definition) is 11. The van der Waals surface area contributed by atoms with E-state index in [1.807, 2.05) is 83.8 Å². The van der Waals surface area contributed by atoms with Crippen molar-refractivity contribution in [2.24, 2.45) is 23.7 Å². The fraction of sp³-hybridized carbons (Fsp3) is 0.654. The second-order valence-electron chi connectivity index (χ2n) is 20.1. The number of ketones is 1. The SMILES string of the molecule is CC[C@H](C)[C@@H]([C@@H](CC(=O)C1CC[C@@H]([C@H](OC)[C@@H](C)C(=O)N[C@@]2(C(=O)N3CCCCO3)C[C@@H]2c2ccccc2)N1)OC)N(C)C(=O)[C@@H](NC(=O)[C@H](C(C)C)N(C)Cc1ccc(C(=O)O)cc1)C(C)C. The van der Waals surface area contributed by atoms with Crippen LogP contribution in [0.3, 0.4) is 0 Å². The normalized spacial score (nSPS) is 23.6. The molecule has 68 heavy (non-hydrogen) atoms. The van der Waals surface area contributed by atoms with Gasteiger partial charge >= 0.3 is 5.97 Å². The highest BCUT2D eigenvalue weighted by Crippen LogP contribution is 2.53. The smallest absolute Gasteiger partial charge is 0.335 e. The number of carboxylic acids is 1. The number of methoxy groups -OCH3 is 2. The number of carbonyl (C=O) groups excluding carboxylic acids is 5. The van der Waals surface area contributed by atoms with Crippen LogP contribution in [0.5, 0.6) is 0 Å². The highest BCUT2D eigenvalue weighted by atomic mass is 16.7. The van der Waals surface area contributed by atoms with Crippen LogP contribution in [-0.4, -0.2) is 145 Å². The van der Waals surface area contributed by atoms with Gasteiger partial charge in [0.2, 0.25) is 17.7 Å². The maximum absolute atomic E-state index is 14.6. The lowest BCUT2D eigenvalue weighted by Crippen LogP contribution is -2.59. The van der Waals surface area contributed by atoms with Gasteiger partial charge in [-0.2, -0.15) is 0 Å². The molecule has 3 fully saturated rings. The first-order valence-corrected chi connectivity index (χ1v) is 24.6. The van der Waals surface area contributed by atoms with E-state index < -0.39 is 53.8 Å². The van der Waals surface area contributed by atoms with Crippen molar-refractivity contribution < 1.29 is 48.2 Å². The largest absolute Gasteiger partial charge is 0.478 e. The zero-order valence-electron chi connectivity index (χ0n) is 42.2. The Labute approximate surface area is 403 Å². The molecule has 16 nitrogen and oxygen atoms in total. The Morgan fingerprint density at radius 3 is 2.13 bits per heavy atom. The van der Waals surface area contributed by atoms with E-state index in [2.05, 4.69) is 16.0 Å². The minimum atomic E-state index is -1.13. The number of hydrogen-bond donors (Lipinski definition) is 4. The Hall–Kier alpha value is -4.74. The number of likely N-dealkylation sites (N-methyl/N-ethyl adjacent to an activating group) is 2. The number of amides is 4. The number of aromatic carboxylic acids is 1. The van der Waals surface area contributed by atoms with Crippen LogP contribution in [0, 0.1) is 23.7 Å². The molecule has 4 N–H and O–H groups in total. The van der Waals surface area contributed by atoms with Gasteiger partial charge in [0, 0.05) is 52.7 Å². The molecule has 1 aliphatic carbocycles. The topological polar surface area (TPSA) is 196 Å². The van der Waals surface area contributed by atoms with E-state index in [-0.39, 0.29) is 71.1 Å². The Bertz CT molecular complexity index is 2030. The van der Waals surface area contributed by atoms with Crippen molar-refractivity contribution in [1.29, 1.82) is 0 Å². The number of hydroxylamine groups is 2. The molecule has 2 aromatic rings. The summed E-state index contributed by atoms with van der Waals surface area (Å²) in [7, 11) is 6.66. The monoisotopic (exact) mass is 947 g/mol. The number of carboxylic acid groups (broad SMARTS) is 1. The molecule has 1 saturated carbocycles. The number of carbonyl (C=O) groups is 6. The van der Waals surface area contributed by atoms with Gasteiger partial charge in [-0.15, -0.1) is 0 Å². The maximum Gasteiger partial charge on any atom is 0.335 e. The van der Waals surface area contributed by atoms with Crippen LogP contribution in [0.25, 0.3) is 0 Å². The average molecular weight is 947 g/mol. The lowest BCUT2D eigenvalue weighted by molar-refractivity contribution is -0.200. The Balaban J connectivity index is 1.24. The van der Waals surface area contributed by atoms with Crippen molar-refractivity contribution in [3.8, 4) is 0 Å². The van der Waals surface area contributed by atoms with Crippen LogP contribution in [0.4, 0.5) is 0 Å². The van der Waals surface area contributed by atoms with Crippen molar-refractivity contribution in [2.75, 3.05) is 41.5 Å². The van der Waals surface area contributed by atoms with E-state index in [0.717, 1.165) is 24.0 Å². The lowest BCUT2D eigenvalue weighted by Gasteiger charge is -2.40. The molecular weight excluding hydrogens is 869 g/mol. The summed E-state index contributed by atoms with van der Waals surface area (Å²) in [5.74, 6) is -3.54. The predicted octanol–water partition coefficient (Wildman–Crippen LogP) is 5.20. The van der Waals surface area contributed by atoms with Gasteiger partial charge in [-0.1, -0.05) is 97.4 Å². The lowest BCUT2D eigenvalue weighted by atomic mass is 9.88. The van der Waals surface area contributed by atoms with Gasteiger partial charge in [0.05, 0.1) is 48.4 Å². The fourth-order valence-electron chi connectivity index (χ4n) is 10.4. The van der Waals surface area contributed by atoms with Gasteiger partial charge in [-0.3, -0.25) is 33.7 Å². The minimum Gasteiger partial charge on any atom is -0.478 e. The molecule has 2 aromatic carbocycles. The maximum atomic E-state index is 14.6. The summed E-state index contributed by atoms with van der Waals surface area (Å²) >= 11 is 0. The molecule has 4 amide bonds. The van der Waals surface area contributed by atoms with Gasteiger partial charge in [0.25, 0.3) is 5.91 Å². The number of ether oxygens (including phenoxy) is 2. The molecular formula is C52H78N6O10. The van der Waals surface area contributed by atoms with E-state index in [1.54, 1.807) is 57.4 Å². The van der Waals surface area contributed by atoms with Crippen LogP contribution < -0.4 is 16.0 Å². The summed E-state index contributed by atoms with van der Waals surface area (Å²) in [6.07, 6.45) is 2.72. The molecule has 0 radical (unpaired) electrons. The Morgan fingerprint density at radius 1 is 0.897 bits per heavy atom. The molecule has 2 aliphatic heterocycles. The quantitative estimate of drug-likeness (QED) is 0.108. The van der Waals surface area contributed by atoms with Crippen LogP contribution in [0.2, 0.25) is 0 Å². The molecule has 5 rings (SSSR count). The van der Waals surface area contributed by atoms with Gasteiger partial charge in [0.15, 0.2) is 5.78 Å². The molecule has 0 aromatic heterocycles. The van der Waals surface area contributed by atoms with E-state index in [1.165, 1.54) is 5.06 Å². The molecule has 16 heteroatoms. The third-order valence-electron chi connectivity index (χ3n) is 14.6. The second kappa shape index (κ2) is 24.2. The van der Waals surface area contributed by atoms with Crippen molar-refractivity contribution in [3.63, 3.8) is 0 Å². The minimum absolute atomic E-state index is 0.0254. The van der Waals surface area contributed by atoms with Crippen LogP contribution in [-0.2, 0) is 44.8 Å². The molecule has 2 heterocycles. The summed E-state index contributed by atoms with van der Waals surface area (Å²) in [6, 6.07) is 13.5. The second-order valence-corrected chi connectivity index (χ2v) is 20.1. The van der Waals surface area contributed by atoms with Gasteiger partial charge in [-0.05, 0) is 80.2 Å². The highest BCUT2D eigenvalue weighted by Gasteiger charge is 2.64. The summed E-state index contributed by atoms with van der Waals surface area (Å²) in [5.41, 5.74) is 0.870. The Kier molecular flexibility index (Phi) is 19.3. The first-order chi connectivity index (χ1) is 32.3. The third-order valence-corrected chi connectivity index (χ3v) is 14.6. The van der Waals surface area contributed by atoms with Crippen molar-refractivity contribution in [2.45, 2.75) is 154 Å². The zero-order valence-corrected chi connectivity index (χ0v) is 42.2. The van der Waals surface area contributed by atoms with Crippen molar-refractivity contribution in [1.82, 2.24) is 30.8 Å². The number of nitrogens with one attached hydrogen (secondary N) is 3. The standard InChI is InChI=1S/C52H78N6O10/c1-12-33(6)45(57(9)49(62)43(31(2)3)54-48(61)44(32(4)5)56(8)30-35-20-22-37(23-21-35)50(63)64)42(66-10)28-41(59)39-24-25-40(53-39)46(67-11)34(7)47(60)55-52(51(65)58-26-16-17-27-68-58)29-38(52)36-18-14-13-15-19-36/h13-15,18-23,31-34,38-40,42-46,53H,12,16-17,24-30H2,1-11H3,(H,54,61)(H,55,60)(H,63,64)/t33-,34+,38+,39?,40-,42+,43-,44-,45-,46+,52-/m0/s1. The molecule has 0 bridgehead atoms. The van der Waals surface area contributed by atoms with E-state index in [4.69, 9.17) is 14.3 Å². The van der Waals surface area contributed by atoms with Gasteiger partial charge in [-0.25, -0.2) is 9.86 Å². The number of nitrogens with zero attached hydrogens (tertiary/aromatic N) is 3. The van der Waals surface area contributed by atoms with Gasteiger partial charge in [0.1, 0.15) is 11.6 Å². The summed E-state index contributed by atoms with van der Waals surface area (Å²) in [4.78, 5) is 91.8. The number of rotatable bonds is 24. The molecule has 2 saturated heterocycles. The van der Waals surface area contributed by atoms with E-state index in [9.17, 15) is 33.9 Å². The summed E-state index contributed by atoms with van der Waals surface area (Å²) in [5, 5.41) is 20.4. The molecule has 0 spiro atoms. The number of Topliss-reactive ketones (excluding diaryl/α,β-unsaturated/α-hetero) is 1. The molecule has 11 atom stereocenters.